The van der Waals surface area contributed by atoms with Crippen molar-refractivity contribution in [2.24, 2.45) is 5.92 Å². The van der Waals surface area contributed by atoms with Crippen LogP contribution in [0.3, 0.4) is 0 Å². The van der Waals surface area contributed by atoms with Gasteiger partial charge in [-0.1, -0.05) is 31.5 Å². The standard InChI is InChI=1S/C20H31N3O4/c1-12(2)16(23-19(26)27-20(5,6)7)18(25)21-14(4)17(24)22-15-10-8-13(3)9-11-15/h8-12,14,16H,1-7H3,(H,21,25)(H,22,24)(H,23,26)/t14-,16-/m0/s1. The molecule has 0 spiro atoms. The fraction of sp³-hybridized carbons (Fsp3) is 0.550. The Morgan fingerprint density at radius 1 is 0.926 bits per heavy atom. The normalized spacial score (nSPS) is 13.5. The van der Waals surface area contributed by atoms with Gasteiger partial charge in [-0.25, -0.2) is 4.79 Å². The molecule has 0 aliphatic rings. The van der Waals surface area contributed by atoms with Gasteiger partial charge in [0.2, 0.25) is 11.8 Å². The minimum absolute atomic E-state index is 0.176. The van der Waals surface area contributed by atoms with E-state index in [1.165, 1.54) is 0 Å². The van der Waals surface area contributed by atoms with Gasteiger partial charge in [-0.05, 0) is 52.7 Å². The Bertz CT molecular complexity index is 663. The van der Waals surface area contributed by atoms with E-state index in [9.17, 15) is 14.4 Å². The summed E-state index contributed by atoms with van der Waals surface area (Å²) in [7, 11) is 0. The van der Waals surface area contributed by atoms with Crippen molar-refractivity contribution in [3.63, 3.8) is 0 Å². The number of ether oxygens (including phenoxy) is 1. The molecule has 7 nitrogen and oxygen atoms in total. The number of carbonyl (C=O) groups is 3. The smallest absolute Gasteiger partial charge is 0.408 e. The third-order valence-corrected chi connectivity index (χ3v) is 3.69. The molecular weight excluding hydrogens is 346 g/mol. The molecule has 1 aromatic rings. The predicted molar refractivity (Wildman–Crippen MR) is 105 cm³/mol. The lowest BCUT2D eigenvalue weighted by molar-refractivity contribution is -0.128. The number of rotatable bonds is 6. The molecule has 0 saturated heterocycles. The number of aryl methyl sites for hydroxylation is 1. The molecule has 0 radical (unpaired) electrons. The molecule has 3 amide bonds. The summed E-state index contributed by atoms with van der Waals surface area (Å²) in [5, 5.41) is 7.96. The van der Waals surface area contributed by atoms with Gasteiger partial charge in [0.15, 0.2) is 0 Å². The first-order valence-electron chi connectivity index (χ1n) is 9.06. The van der Waals surface area contributed by atoms with Crippen LogP contribution in [0.25, 0.3) is 0 Å². The van der Waals surface area contributed by atoms with Crippen LogP contribution in [0.1, 0.15) is 47.1 Å². The van der Waals surface area contributed by atoms with Crippen molar-refractivity contribution < 1.29 is 19.1 Å². The Hall–Kier alpha value is -2.57. The van der Waals surface area contributed by atoms with E-state index in [4.69, 9.17) is 4.74 Å². The van der Waals surface area contributed by atoms with Crippen molar-refractivity contribution in [3.8, 4) is 0 Å². The third-order valence-electron chi connectivity index (χ3n) is 3.69. The number of hydrogen-bond acceptors (Lipinski definition) is 4. The minimum Gasteiger partial charge on any atom is -0.444 e. The first-order chi connectivity index (χ1) is 12.4. The fourth-order valence-electron chi connectivity index (χ4n) is 2.23. The van der Waals surface area contributed by atoms with Gasteiger partial charge in [-0.3, -0.25) is 9.59 Å². The van der Waals surface area contributed by atoms with Crippen LogP contribution in [0.2, 0.25) is 0 Å². The molecule has 0 bridgehead atoms. The van der Waals surface area contributed by atoms with Crippen LogP contribution in [0.5, 0.6) is 0 Å². The summed E-state index contributed by atoms with van der Waals surface area (Å²) in [6, 6.07) is 5.79. The van der Waals surface area contributed by atoms with Crippen LogP contribution in [0.15, 0.2) is 24.3 Å². The van der Waals surface area contributed by atoms with Gasteiger partial charge in [-0.15, -0.1) is 0 Å². The Morgan fingerprint density at radius 3 is 1.96 bits per heavy atom. The highest BCUT2D eigenvalue weighted by Gasteiger charge is 2.28. The SMILES string of the molecule is Cc1ccc(NC(=O)[C@H](C)NC(=O)[C@@H](NC(=O)OC(C)(C)C)C(C)C)cc1. The number of carbonyl (C=O) groups excluding carboxylic acids is 3. The van der Waals surface area contributed by atoms with Gasteiger partial charge in [0.25, 0.3) is 0 Å². The molecule has 0 saturated carbocycles. The van der Waals surface area contributed by atoms with Crippen LogP contribution >= 0.6 is 0 Å². The van der Waals surface area contributed by atoms with Crippen LogP contribution in [-0.2, 0) is 14.3 Å². The van der Waals surface area contributed by atoms with Crippen molar-refractivity contribution in [2.75, 3.05) is 5.32 Å². The summed E-state index contributed by atoms with van der Waals surface area (Å²) in [6.45, 7) is 12.4. The molecule has 150 valence electrons. The number of anilines is 1. The average Bonchev–Trinajstić information content (AvgIpc) is 2.52. The van der Waals surface area contributed by atoms with E-state index < -0.39 is 29.7 Å². The number of nitrogens with one attached hydrogen (secondary N) is 3. The Balaban J connectivity index is 2.67. The summed E-state index contributed by atoms with van der Waals surface area (Å²) in [4.78, 5) is 36.8. The quantitative estimate of drug-likeness (QED) is 0.710. The number of amides is 3. The molecule has 0 aliphatic heterocycles. The average molecular weight is 377 g/mol. The van der Waals surface area contributed by atoms with Crippen molar-refractivity contribution in [2.45, 2.75) is 66.2 Å². The van der Waals surface area contributed by atoms with E-state index in [0.29, 0.717) is 5.69 Å². The number of hydrogen-bond donors (Lipinski definition) is 3. The summed E-state index contributed by atoms with van der Waals surface area (Å²) < 4.78 is 5.20. The van der Waals surface area contributed by atoms with E-state index in [-0.39, 0.29) is 11.8 Å². The van der Waals surface area contributed by atoms with Gasteiger partial charge in [0.05, 0.1) is 0 Å². The maximum Gasteiger partial charge on any atom is 0.408 e. The van der Waals surface area contributed by atoms with E-state index in [0.717, 1.165) is 5.56 Å². The molecule has 0 aromatic heterocycles. The fourth-order valence-corrected chi connectivity index (χ4v) is 2.23. The van der Waals surface area contributed by atoms with Gasteiger partial charge in [0.1, 0.15) is 17.7 Å². The highest BCUT2D eigenvalue weighted by molar-refractivity contribution is 5.98. The lowest BCUT2D eigenvalue weighted by atomic mass is 10.0. The molecule has 1 aromatic carbocycles. The van der Waals surface area contributed by atoms with Gasteiger partial charge in [-0.2, -0.15) is 0 Å². The van der Waals surface area contributed by atoms with Crippen LogP contribution in [-0.4, -0.2) is 35.6 Å². The number of alkyl carbamates (subject to hydrolysis) is 1. The monoisotopic (exact) mass is 377 g/mol. The summed E-state index contributed by atoms with van der Waals surface area (Å²) in [5.41, 5.74) is 1.07. The maximum absolute atomic E-state index is 12.5. The highest BCUT2D eigenvalue weighted by Crippen LogP contribution is 2.10. The zero-order valence-corrected chi connectivity index (χ0v) is 17.2. The van der Waals surface area contributed by atoms with Crippen LogP contribution in [0.4, 0.5) is 10.5 Å². The lowest BCUT2D eigenvalue weighted by Crippen LogP contribution is -2.54. The Kier molecular flexibility index (Phi) is 7.82. The zero-order valence-electron chi connectivity index (χ0n) is 17.2. The molecule has 0 unspecified atom stereocenters. The third kappa shape index (κ3) is 8.11. The van der Waals surface area contributed by atoms with Crippen LogP contribution < -0.4 is 16.0 Å². The lowest BCUT2D eigenvalue weighted by Gasteiger charge is -2.26. The van der Waals surface area contributed by atoms with Crippen molar-refractivity contribution in [1.29, 1.82) is 0 Å². The molecular formula is C20H31N3O4. The molecule has 7 heteroatoms. The maximum atomic E-state index is 12.5. The summed E-state index contributed by atoms with van der Waals surface area (Å²) >= 11 is 0. The largest absolute Gasteiger partial charge is 0.444 e. The molecule has 1 rings (SSSR count). The molecule has 27 heavy (non-hydrogen) atoms. The Morgan fingerprint density at radius 2 is 1.48 bits per heavy atom. The van der Waals surface area contributed by atoms with E-state index in [2.05, 4.69) is 16.0 Å². The zero-order chi connectivity index (χ0) is 20.8. The van der Waals surface area contributed by atoms with Crippen molar-refractivity contribution in [1.82, 2.24) is 10.6 Å². The summed E-state index contributed by atoms with van der Waals surface area (Å²) in [6.07, 6.45) is -0.673. The highest BCUT2D eigenvalue weighted by atomic mass is 16.6. The van der Waals surface area contributed by atoms with Crippen LogP contribution in [0, 0.1) is 12.8 Å². The molecule has 0 heterocycles. The van der Waals surface area contributed by atoms with Gasteiger partial charge in [0, 0.05) is 5.69 Å². The predicted octanol–water partition coefficient (Wildman–Crippen LogP) is 2.99. The second-order valence-corrected chi connectivity index (χ2v) is 7.95. The molecule has 2 atom stereocenters. The molecule has 0 aliphatic carbocycles. The topological polar surface area (TPSA) is 96.5 Å². The van der Waals surface area contributed by atoms with Crippen molar-refractivity contribution >= 4 is 23.6 Å². The second kappa shape index (κ2) is 9.39. The van der Waals surface area contributed by atoms with Gasteiger partial charge < -0.3 is 20.7 Å². The van der Waals surface area contributed by atoms with E-state index >= 15 is 0 Å². The Labute approximate surface area is 161 Å². The van der Waals surface area contributed by atoms with E-state index in [1.807, 2.05) is 19.1 Å². The van der Waals surface area contributed by atoms with E-state index in [1.54, 1.807) is 53.7 Å². The van der Waals surface area contributed by atoms with Gasteiger partial charge >= 0.3 is 6.09 Å². The minimum atomic E-state index is -0.811. The number of benzene rings is 1. The second-order valence-electron chi connectivity index (χ2n) is 7.95. The molecule has 3 N–H and O–H groups in total. The first-order valence-corrected chi connectivity index (χ1v) is 9.06. The van der Waals surface area contributed by atoms with Crippen molar-refractivity contribution in [3.05, 3.63) is 29.8 Å². The summed E-state index contributed by atoms with van der Waals surface area (Å²) in [5.74, 6) is -0.959. The first kappa shape index (κ1) is 22.5. The molecule has 0 fully saturated rings.